The highest BCUT2D eigenvalue weighted by molar-refractivity contribution is 5.88. The maximum Gasteiger partial charge on any atom is 0.242 e. The molecule has 1 saturated heterocycles. The molecule has 0 saturated carbocycles. The maximum absolute atomic E-state index is 13.6. The summed E-state index contributed by atoms with van der Waals surface area (Å²) in [5, 5.41) is 8.56. The Bertz CT molecular complexity index is 813. The third-order valence-electron chi connectivity index (χ3n) is 7.39. The molecule has 0 bridgehead atoms. The topological polar surface area (TPSA) is 194 Å². The fourth-order valence-electron chi connectivity index (χ4n) is 5.04. The molecule has 1 aliphatic rings. The van der Waals surface area contributed by atoms with Crippen LogP contribution in [0, 0.1) is 11.8 Å². The number of rotatable bonds is 16. The van der Waals surface area contributed by atoms with Gasteiger partial charge in [-0.3, -0.25) is 19.2 Å². The highest BCUT2D eigenvalue weighted by Crippen LogP contribution is 2.29. The molecule has 1 heterocycles. The molecule has 6 unspecified atom stereocenters. The minimum absolute atomic E-state index is 0.0288. The van der Waals surface area contributed by atoms with E-state index >= 15 is 0 Å². The van der Waals surface area contributed by atoms with Crippen molar-refractivity contribution in [3.8, 4) is 0 Å². The van der Waals surface area contributed by atoms with Gasteiger partial charge in [-0.05, 0) is 18.8 Å². The van der Waals surface area contributed by atoms with Crippen molar-refractivity contribution in [1.29, 1.82) is 0 Å². The van der Waals surface area contributed by atoms with Gasteiger partial charge in [0.15, 0.2) is 5.84 Å². The van der Waals surface area contributed by atoms with Crippen LogP contribution < -0.4 is 27.7 Å². The van der Waals surface area contributed by atoms with Crippen molar-refractivity contribution in [3.63, 3.8) is 0 Å². The van der Waals surface area contributed by atoms with E-state index < -0.39 is 18.1 Å². The zero-order chi connectivity index (χ0) is 28.8. The van der Waals surface area contributed by atoms with Crippen molar-refractivity contribution in [2.24, 2.45) is 28.6 Å². The van der Waals surface area contributed by atoms with Gasteiger partial charge in [0.25, 0.3) is 0 Å². The van der Waals surface area contributed by atoms with Crippen LogP contribution >= 0.6 is 0 Å². The molecule has 1 rings (SSSR count). The fraction of sp³-hybridized carbons (Fsp3) is 0.792. The van der Waals surface area contributed by atoms with Crippen molar-refractivity contribution in [1.82, 2.24) is 25.9 Å². The lowest BCUT2D eigenvalue weighted by molar-refractivity contribution is -0.145. The number of methoxy groups -OCH3 is 2. The van der Waals surface area contributed by atoms with Crippen LogP contribution in [0.25, 0.3) is 0 Å². The number of likely N-dealkylation sites (N-methyl/N-ethyl adjacent to an activating group) is 1. The van der Waals surface area contributed by atoms with E-state index in [2.05, 4.69) is 21.2 Å². The molecule has 4 amide bonds. The summed E-state index contributed by atoms with van der Waals surface area (Å²) in [5.41, 5.74) is 2.31. The van der Waals surface area contributed by atoms with Gasteiger partial charge in [0.1, 0.15) is 0 Å². The number of amidine groups is 1. The number of nitrogens with one attached hydrogen (secondary N) is 3. The Morgan fingerprint density at radius 1 is 1.21 bits per heavy atom. The minimum Gasteiger partial charge on any atom is -0.379 e. The molecular formula is C24H46N8O6. The lowest BCUT2D eigenvalue weighted by atomic mass is 9.90. The summed E-state index contributed by atoms with van der Waals surface area (Å²) in [5.74, 6) is 9.49. The summed E-state index contributed by atoms with van der Waals surface area (Å²) in [6.45, 7) is 6.17. The summed E-state index contributed by atoms with van der Waals surface area (Å²) in [7, 11) is 4.70. The van der Waals surface area contributed by atoms with Gasteiger partial charge in [0, 0.05) is 27.8 Å². The summed E-state index contributed by atoms with van der Waals surface area (Å²) < 4.78 is 11.5. The van der Waals surface area contributed by atoms with E-state index in [1.54, 1.807) is 23.8 Å². The molecule has 38 heavy (non-hydrogen) atoms. The summed E-state index contributed by atoms with van der Waals surface area (Å²) in [6, 6.07) is -0.687. The number of nitrogens with two attached hydrogens (primary N) is 2. The molecule has 14 nitrogen and oxygen atoms in total. The molecule has 0 aromatic rings. The van der Waals surface area contributed by atoms with Crippen LogP contribution in [0.5, 0.6) is 0 Å². The first-order valence-electron chi connectivity index (χ1n) is 12.9. The predicted octanol–water partition coefficient (Wildman–Crippen LogP) is -1.50. The number of amides is 4. The Morgan fingerprint density at radius 3 is 2.42 bits per heavy atom. The first-order chi connectivity index (χ1) is 18.1. The first-order valence-corrected chi connectivity index (χ1v) is 12.9. The Morgan fingerprint density at radius 2 is 1.89 bits per heavy atom. The van der Waals surface area contributed by atoms with Crippen LogP contribution in [0.1, 0.15) is 46.5 Å². The van der Waals surface area contributed by atoms with Crippen molar-refractivity contribution in [3.05, 3.63) is 0 Å². The van der Waals surface area contributed by atoms with Gasteiger partial charge in [0.05, 0.1) is 49.7 Å². The average molecular weight is 543 g/mol. The maximum atomic E-state index is 13.6. The number of hydrogen-bond acceptors (Lipinski definition) is 9. The quantitative estimate of drug-likeness (QED) is 0.0507. The number of hydrazone groups is 1. The lowest BCUT2D eigenvalue weighted by Crippen LogP contribution is -2.54. The molecule has 0 aromatic carbocycles. The van der Waals surface area contributed by atoms with Crippen LogP contribution in [-0.4, -0.2) is 105 Å². The molecule has 1 fully saturated rings. The smallest absolute Gasteiger partial charge is 0.242 e. The number of carbonyl (C=O) groups is 4. The van der Waals surface area contributed by atoms with Gasteiger partial charge >= 0.3 is 0 Å². The van der Waals surface area contributed by atoms with Gasteiger partial charge in [0.2, 0.25) is 24.1 Å². The number of carbonyl (C=O) groups excluding carboxylic acids is 4. The zero-order valence-corrected chi connectivity index (χ0v) is 23.4. The Labute approximate surface area is 225 Å². The highest BCUT2D eigenvalue weighted by atomic mass is 16.5. The number of hydrazine groups is 1. The van der Waals surface area contributed by atoms with Gasteiger partial charge in [-0.25, -0.2) is 5.84 Å². The molecular weight excluding hydrogens is 496 g/mol. The number of hydrogen-bond donors (Lipinski definition) is 5. The molecule has 0 aromatic heterocycles. The summed E-state index contributed by atoms with van der Waals surface area (Å²) in [6.07, 6.45) is 1.63. The van der Waals surface area contributed by atoms with E-state index in [-0.39, 0.29) is 61.1 Å². The highest BCUT2D eigenvalue weighted by Gasteiger charge is 2.41. The fourth-order valence-corrected chi connectivity index (χ4v) is 5.04. The van der Waals surface area contributed by atoms with Crippen LogP contribution in [0.3, 0.4) is 0 Å². The van der Waals surface area contributed by atoms with E-state index in [1.807, 2.05) is 13.8 Å². The SMILES string of the molecule is CCC(C)C(C(CC(=O)N1CCCC1C(OC)C(C)C(=O)NC/C(=N/N)NN)OC)N(C)C(=O)CNC=O. The predicted molar refractivity (Wildman–Crippen MR) is 142 cm³/mol. The lowest BCUT2D eigenvalue weighted by Gasteiger charge is -2.39. The van der Waals surface area contributed by atoms with Crippen molar-refractivity contribution < 1.29 is 28.7 Å². The minimum atomic E-state index is -0.574. The third kappa shape index (κ3) is 8.81. The number of ether oxygens (including phenoxy) is 2. The van der Waals surface area contributed by atoms with Gasteiger partial charge in [-0.2, -0.15) is 5.10 Å². The molecule has 6 atom stereocenters. The van der Waals surface area contributed by atoms with Crippen molar-refractivity contribution in [2.45, 2.75) is 70.7 Å². The number of likely N-dealkylation sites (tertiary alicyclic amines) is 1. The van der Waals surface area contributed by atoms with E-state index in [4.69, 9.17) is 21.2 Å². The van der Waals surface area contributed by atoms with Gasteiger partial charge < -0.3 is 41.2 Å². The first kappa shape index (κ1) is 33.1. The van der Waals surface area contributed by atoms with Crippen molar-refractivity contribution >= 4 is 30.0 Å². The van der Waals surface area contributed by atoms with E-state index in [0.29, 0.717) is 19.4 Å². The standard InChI is InChI=1S/C24H46N8O6/c1-7-15(2)22(31(4)21(35)13-27-14-33)18(37-5)11-20(34)32-10-8-9-17(32)23(38-6)16(3)24(36)28-12-19(29-25)30-26/h14-18,22-23H,7-13,25-26H2,1-6H3,(H,27,33)(H,28,36)(H,29,30). The van der Waals surface area contributed by atoms with E-state index in [0.717, 1.165) is 12.8 Å². The van der Waals surface area contributed by atoms with Crippen molar-refractivity contribution in [2.75, 3.05) is 40.9 Å². The molecule has 218 valence electrons. The third-order valence-corrected chi connectivity index (χ3v) is 7.39. The van der Waals surface area contributed by atoms with E-state index in [9.17, 15) is 19.2 Å². The Balaban J connectivity index is 3.03. The largest absolute Gasteiger partial charge is 0.379 e. The molecule has 0 radical (unpaired) electrons. The molecule has 7 N–H and O–H groups in total. The molecule has 1 aliphatic heterocycles. The van der Waals surface area contributed by atoms with Crippen LogP contribution in [0.2, 0.25) is 0 Å². The molecule has 14 heteroatoms. The second-order valence-electron chi connectivity index (χ2n) is 9.58. The van der Waals surface area contributed by atoms with E-state index in [1.165, 1.54) is 14.2 Å². The monoisotopic (exact) mass is 542 g/mol. The van der Waals surface area contributed by atoms with Crippen LogP contribution in [-0.2, 0) is 28.7 Å². The van der Waals surface area contributed by atoms with Crippen LogP contribution in [0.4, 0.5) is 0 Å². The average Bonchev–Trinajstić information content (AvgIpc) is 3.41. The zero-order valence-electron chi connectivity index (χ0n) is 23.4. The summed E-state index contributed by atoms with van der Waals surface area (Å²) in [4.78, 5) is 53.0. The van der Waals surface area contributed by atoms with Gasteiger partial charge in [-0.15, -0.1) is 0 Å². The normalized spacial score (nSPS) is 19.6. The molecule has 0 spiro atoms. The number of nitrogens with zero attached hydrogens (tertiary/aromatic N) is 3. The summed E-state index contributed by atoms with van der Waals surface area (Å²) >= 11 is 0. The molecule has 0 aliphatic carbocycles. The Hall–Kier alpha value is -2.97. The second kappa shape index (κ2) is 16.8. The Kier molecular flexibility index (Phi) is 14.6. The second-order valence-corrected chi connectivity index (χ2v) is 9.58. The van der Waals surface area contributed by atoms with Crippen LogP contribution in [0.15, 0.2) is 5.10 Å². The van der Waals surface area contributed by atoms with Gasteiger partial charge in [-0.1, -0.05) is 27.2 Å².